The molecule has 0 saturated carbocycles. The molecule has 0 fully saturated rings. The van der Waals surface area contributed by atoms with E-state index in [4.69, 9.17) is 4.99 Å². The topological polar surface area (TPSA) is 28.1 Å². The number of aromatic nitrogens is 1. The molecular weight excluding hydrogens is 582 g/mol. The highest BCUT2D eigenvalue weighted by molar-refractivity contribution is 14.1. The van der Waals surface area contributed by atoms with Gasteiger partial charge in [0.2, 0.25) is 0 Å². The minimum atomic E-state index is 1.16. The highest BCUT2D eigenvalue weighted by Crippen LogP contribution is 2.46. The van der Waals surface area contributed by atoms with E-state index >= 15 is 0 Å². The Bertz CT molecular complexity index is 1080. The molecule has 5 rings (SSSR count). The summed E-state index contributed by atoms with van der Waals surface area (Å²) in [7, 11) is 0. The van der Waals surface area contributed by atoms with Crippen molar-refractivity contribution in [3.05, 3.63) is 72.3 Å². The first-order valence-electron chi connectivity index (χ1n) is 10.7. The maximum atomic E-state index is 5.21. The predicted octanol–water partition coefficient (Wildman–Crippen LogP) is 7.59. The molecule has 1 aromatic heterocycles. The summed E-state index contributed by atoms with van der Waals surface area (Å²) in [6.07, 6.45) is 9.90. The van der Waals surface area contributed by atoms with Gasteiger partial charge in [0.15, 0.2) is 0 Å². The van der Waals surface area contributed by atoms with Gasteiger partial charge in [-0.15, -0.1) is 0 Å². The Labute approximate surface area is 200 Å². The number of aliphatic imine (C=N–C) groups is 1. The molecule has 0 unspecified atom stereocenters. The number of hydrogen-bond acceptors (Lipinski definition) is 1. The number of H-pyrrole nitrogens is 1. The number of nitrogens with one attached hydrogen (secondary N) is 1. The van der Waals surface area contributed by atoms with Crippen LogP contribution >= 0.6 is 45.2 Å². The fourth-order valence-corrected chi connectivity index (χ4v) is 7.00. The standard InChI is InChI=1S/C25H26I2N2/c1-14-8-7-9-15(2)20(14)21(22-16-10-3-5-12-18(16)24(26)28-22)23-17-11-4-6-13-19(17)25(27)29-23/h7-9,28H,3-6,10-13H2,1-2H3/b23-21-. The van der Waals surface area contributed by atoms with Crippen LogP contribution in [0, 0.1) is 17.5 Å². The van der Waals surface area contributed by atoms with E-state index in [0.29, 0.717) is 0 Å². The van der Waals surface area contributed by atoms with Gasteiger partial charge in [-0.1, -0.05) is 18.2 Å². The molecule has 2 aromatic rings. The summed E-state index contributed by atoms with van der Waals surface area (Å²) in [5.41, 5.74) is 14.1. The molecular formula is C25H26I2N2. The highest BCUT2D eigenvalue weighted by atomic mass is 127. The number of halogens is 2. The van der Waals surface area contributed by atoms with Crippen LogP contribution in [0.25, 0.3) is 5.57 Å². The number of fused-ring (bicyclic) bond motifs is 1. The molecule has 3 aliphatic rings. The van der Waals surface area contributed by atoms with Crippen molar-refractivity contribution < 1.29 is 0 Å². The molecule has 0 atom stereocenters. The van der Waals surface area contributed by atoms with E-state index in [9.17, 15) is 0 Å². The van der Waals surface area contributed by atoms with Crippen LogP contribution in [-0.4, -0.2) is 8.70 Å². The van der Waals surface area contributed by atoms with Gasteiger partial charge in [-0.2, -0.15) is 0 Å². The summed E-state index contributed by atoms with van der Waals surface area (Å²) in [6, 6.07) is 6.68. The zero-order chi connectivity index (χ0) is 20.1. The normalized spacial score (nSPS) is 20.5. The molecule has 1 N–H and O–H groups in total. The molecule has 1 aromatic carbocycles. The van der Waals surface area contributed by atoms with Crippen molar-refractivity contribution in [2.24, 2.45) is 4.99 Å². The summed E-state index contributed by atoms with van der Waals surface area (Å²) < 4.78 is 2.54. The summed E-state index contributed by atoms with van der Waals surface area (Å²) in [6.45, 7) is 4.51. The molecule has 1 aliphatic heterocycles. The van der Waals surface area contributed by atoms with Crippen LogP contribution < -0.4 is 0 Å². The van der Waals surface area contributed by atoms with Gasteiger partial charge in [0.1, 0.15) is 3.72 Å². The molecule has 150 valence electrons. The second-order valence-electron chi connectivity index (χ2n) is 8.54. The van der Waals surface area contributed by atoms with E-state index in [-0.39, 0.29) is 0 Å². The average Bonchev–Trinajstić information content (AvgIpc) is 3.23. The zero-order valence-corrected chi connectivity index (χ0v) is 21.4. The Morgan fingerprint density at radius 1 is 0.862 bits per heavy atom. The van der Waals surface area contributed by atoms with Crippen molar-refractivity contribution in [2.45, 2.75) is 65.2 Å². The lowest BCUT2D eigenvalue weighted by molar-refractivity contribution is 0.687. The third-order valence-corrected chi connectivity index (χ3v) is 8.51. The summed E-state index contributed by atoms with van der Waals surface area (Å²) >= 11 is 4.98. The largest absolute Gasteiger partial charge is 0.349 e. The number of nitrogens with zero attached hydrogens (tertiary/aromatic N) is 1. The second-order valence-corrected chi connectivity index (χ2v) is 10.6. The Morgan fingerprint density at radius 2 is 1.48 bits per heavy atom. The lowest BCUT2D eigenvalue weighted by atomic mass is 9.83. The summed E-state index contributed by atoms with van der Waals surface area (Å²) in [5.74, 6) is 0. The van der Waals surface area contributed by atoms with Crippen molar-refractivity contribution in [1.82, 2.24) is 4.98 Å². The van der Waals surface area contributed by atoms with Crippen molar-refractivity contribution in [1.29, 1.82) is 0 Å². The number of hydrogen-bond donors (Lipinski definition) is 1. The number of rotatable bonds is 2. The fourth-order valence-electron chi connectivity index (χ4n) is 5.30. The van der Waals surface area contributed by atoms with Crippen LogP contribution in [-0.2, 0) is 12.8 Å². The van der Waals surface area contributed by atoms with E-state index in [1.807, 2.05) is 0 Å². The van der Waals surface area contributed by atoms with Crippen LogP contribution in [0.3, 0.4) is 0 Å². The summed E-state index contributed by atoms with van der Waals surface area (Å²) in [5, 5.41) is 0. The monoisotopic (exact) mass is 608 g/mol. The smallest absolute Gasteiger partial charge is 0.105 e. The van der Waals surface area contributed by atoms with Crippen molar-refractivity contribution in [3.8, 4) is 0 Å². The number of benzene rings is 1. The SMILES string of the molecule is Cc1cccc(C)c1/C(=C1/N=C(I)C2=C1CCCC2)c1[nH]c(I)c2c1CCCC2. The highest BCUT2D eigenvalue weighted by Gasteiger charge is 2.31. The van der Waals surface area contributed by atoms with E-state index in [1.54, 1.807) is 11.1 Å². The van der Waals surface area contributed by atoms with Gasteiger partial charge in [-0.25, -0.2) is 4.99 Å². The molecule has 29 heavy (non-hydrogen) atoms. The Kier molecular flexibility index (Phi) is 5.52. The minimum absolute atomic E-state index is 1.16. The van der Waals surface area contributed by atoms with Gasteiger partial charge in [0, 0.05) is 5.57 Å². The van der Waals surface area contributed by atoms with Crippen LogP contribution in [0.1, 0.15) is 72.0 Å². The van der Waals surface area contributed by atoms with E-state index in [0.717, 1.165) is 6.42 Å². The molecule has 2 aliphatic carbocycles. The third kappa shape index (κ3) is 3.38. The molecule has 0 saturated heterocycles. The number of aromatic amines is 1. The zero-order valence-electron chi connectivity index (χ0n) is 17.1. The van der Waals surface area contributed by atoms with Crippen LogP contribution in [0.5, 0.6) is 0 Å². The molecule has 0 bridgehead atoms. The quantitative estimate of drug-likeness (QED) is 0.341. The van der Waals surface area contributed by atoms with Crippen LogP contribution in [0.2, 0.25) is 0 Å². The van der Waals surface area contributed by atoms with Gasteiger partial charge < -0.3 is 4.98 Å². The second kappa shape index (κ2) is 7.98. The van der Waals surface area contributed by atoms with E-state index < -0.39 is 0 Å². The lowest BCUT2D eigenvalue weighted by Gasteiger charge is -2.21. The minimum Gasteiger partial charge on any atom is -0.349 e. The average molecular weight is 608 g/mol. The maximum Gasteiger partial charge on any atom is 0.105 e. The Hall–Kier alpha value is -0.890. The van der Waals surface area contributed by atoms with E-state index in [2.05, 4.69) is 82.2 Å². The molecule has 2 nitrogen and oxygen atoms in total. The first kappa shape index (κ1) is 20.0. The van der Waals surface area contributed by atoms with Crippen molar-refractivity contribution in [2.75, 3.05) is 0 Å². The van der Waals surface area contributed by atoms with Gasteiger partial charge in [0.25, 0.3) is 0 Å². The Balaban J connectivity index is 1.85. The molecule has 0 spiro atoms. The molecule has 0 radical (unpaired) electrons. The number of allylic oxidation sites excluding steroid dienone is 2. The van der Waals surface area contributed by atoms with Crippen LogP contribution in [0.4, 0.5) is 0 Å². The van der Waals surface area contributed by atoms with Gasteiger partial charge >= 0.3 is 0 Å². The molecule has 2 heterocycles. The van der Waals surface area contributed by atoms with E-state index in [1.165, 1.54) is 97.2 Å². The first-order valence-corrected chi connectivity index (χ1v) is 12.9. The Morgan fingerprint density at radius 3 is 2.21 bits per heavy atom. The third-order valence-electron chi connectivity index (χ3n) is 6.70. The maximum absolute atomic E-state index is 5.21. The fraction of sp³-hybridized carbons (Fsp3) is 0.400. The lowest BCUT2D eigenvalue weighted by Crippen LogP contribution is -2.07. The van der Waals surface area contributed by atoms with Crippen molar-refractivity contribution in [3.63, 3.8) is 0 Å². The molecule has 4 heteroatoms. The molecule has 0 amide bonds. The first-order chi connectivity index (χ1) is 14.1. The van der Waals surface area contributed by atoms with Crippen molar-refractivity contribution >= 4 is 54.5 Å². The van der Waals surface area contributed by atoms with Gasteiger partial charge in [0.05, 0.1) is 15.1 Å². The number of aryl methyl sites for hydroxylation is 2. The predicted molar refractivity (Wildman–Crippen MR) is 139 cm³/mol. The van der Waals surface area contributed by atoms with Gasteiger partial charge in [-0.05, 0) is 149 Å². The van der Waals surface area contributed by atoms with Crippen LogP contribution in [0.15, 0.2) is 40.0 Å². The summed E-state index contributed by atoms with van der Waals surface area (Å²) in [4.78, 5) is 9.04. The van der Waals surface area contributed by atoms with Gasteiger partial charge in [-0.3, -0.25) is 0 Å².